The number of nitrogens with zero attached hydrogens (tertiary/aromatic N) is 4. The fourth-order valence-electron chi connectivity index (χ4n) is 4.24. The molecule has 4 aromatic rings. The van der Waals surface area contributed by atoms with Crippen molar-refractivity contribution in [1.29, 1.82) is 5.26 Å². The Morgan fingerprint density at radius 3 is 2.45 bits per heavy atom. The number of fused-ring (bicyclic) bond motifs is 1. The molecule has 1 atom stereocenters. The Morgan fingerprint density at radius 1 is 1.00 bits per heavy atom. The number of rotatable bonds is 6. The van der Waals surface area contributed by atoms with Crippen molar-refractivity contribution in [3.63, 3.8) is 0 Å². The van der Waals surface area contributed by atoms with Crippen LogP contribution in [-0.4, -0.2) is 34.6 Å². The van der Waals surface area contributed by atoms with Gasteiger partial charge in [0.15, 0.2) is 11.5 Å². The molecule has 2 aromatic carbocycles. The van der Waals surface area contributed by atoms with Crippen LogP contribution in [0.2, 0.25) is 0 Å². The second-order valence-corrected chi connectivity index (χ2v) is 7.89. The maximum atomic E-state index is 9.57. The maximum Gasteiger partial charge on any atom is 0.162 e. The van der Waals surface area contributed by atoms with Crippen LogP contribution >= 0.6 is 0 Å². The number of H-pyrrole nitrogens is 1. The van der Waals surface area contributed by atoms with Gasteiger partial charge in [0.1, 0.15) is 23.6 Å². The highest BCUT2D eigenvalue weighted by molar-refractivity contribution is 5.95. The van der Waals surface area contributed by atoms with Crippen LogP contribution in [0.4, 0.5) is 0 Å². The van der Waals surface area contributed by atoms with Crippen molar-refractivity contribution >= 4 is 10.9 Å². The number of aromatic amines is 1. The average molecular weight is 444 g/mol. The molecule has 0 bridgehead atoms. The zero-order valence-corrected chi connectivity index (χ0v) is 19.5. The number of benzene rings is 2. The van der Waals surface area contributed by atoms with E-state index in [4.69, 9.17) is 14.2 Å². The number of hydrogen-bond acceptors (Lipinski definition) is 7. The first-order chi connectivity index (χ1) is 15.9. The first kappa shape index (κ1) is 22.1. The van der Waals surface area contributed by atoms with Crippen LogP contribution in [0.1, 0.15) is 41.0 Å². The Hall–Kier alpha value is -4.12. The van der Waals surface area contributed by atoms with E-state index in [0.29, 0.717) is 28.5 Å². The third-order valence-electron chi connectivity index (χ3n) is 5.70. The summed E-state index contributed by atoms with van der Waals surface area (Å²) in [5.41, 5.74) is 6.46. The first-order valence-corrected chi connectivity index (χ1v) is 10.5. The van der Waals surface area contributed by atoms with Gasteiger partial charge in [0.05, 0.1) is 37.2 Å². The summed E-state index contributed by atoms with van der Waals surface area (Å²) in [6.07, 6.45) is 1.46. The number of ether oxygens (including phenoxy) is 3. The van der Waals surface area contributed by atoms with Gasteiger partial charge >= 0.3 is 0 Å². The molecule has 0 aliphatic carbocycles. The van der Waals surface area contributed by atoms with E-state index in [9.17, 15) is 5.26 Å². The highest BCUT2D eigenvalue weighted by Crippen LogP contribution is 2.39. The van der Waals surface area contributed by atoms with E-state index in [-0.39, 0.29) is 6.10 Å². The minimum atomic E-state index is -0.268. The lowest BCUT2D eigenvalue weighted by molar-refractivity contribution is 0.214. The molecule has 2 aromatic heterocycles. The van der Waals surface area contributed by atoms with Crippen molar-refractivity contribution < 1.29 is 14.2 Å². The van der Waals surface area contributed by atoms with E-state index >= 15 is 0 Å². The molecule has 0 saturated heterocycles. The smallest absolute Gasteiger partial charge is 0.162 e. The molecule has 4 rings (SSSR count). The van der Waals surface area contributed by atoms with Crippen LogP contribution in [0.15, 0.2) is 30.5 Å². The molecule has 0 spiro atoms. The molecule has 8 heteroatoms. The zero-order valence-electron chi connectivity index (χ0n) is 19.5. The summed E-state index contributed by atoms with van der Waals surface area (Å²) in [7, 11) is 3.16. The zero-order chi connectivity index (χ0) is 23.7. The van der Waals surface area contributed by atoms with Crippen LogP contribution in [0, 0.1) is 32.1 Å². The molecule has 0 aliphatic rings. The van der Waals surface area contributed by atoms with E-state index in [2.05, 4.69) is 26.5 Å². The average Bonchev–Trinajstić information content (AvgIpc) is 3.20. The van der Waals surface area contributed by atoms with Crippen molar-refractivity contribution in [2.75, 3.05) is 14.2 Å². The van der Waals surface area contributed by atoms with E-state index in [1.807, 2.05) is 45.9 Å². The van der Waals surface area contributed by atoms with Crippen molar-refractivity contribution in [1.82, 2.24) is 20.4 Å². The summed E-state index contributed by atoms with van der Waals surface area (Å²) in [5.74, 6) is 1.74. The van der Waals surface area contributed by atoms with E-state index in [1.54, 1.807) is 26.5 Å². The highest BCUT2D eigenvalue weighted by atomic mass is 16.5. The van der Waals surface area contributed by atoms with Gasteiger partial charge in [0.25, 0.3) is 0 Å². The van der Waals surface area contributed by atoms with Gasteiger partial charge < -0.3 is 14.2 Å². The lowest BCUT2D eigenvalue weighted by atomic mass is 10.0. The Labute approximate surface area is 192 Å². The van der Waals surface area contributed by atoms with Crippen LogP contribution in [-0.2, 0) is 0 Å². The van der Waals surface area contributed by atoms with Gasteiger partial charge in [-0.3, -0.25) is 5.10 Å². The summed E-state index contributed by atoms with van der Waals surface area (Å²) in [5, 5.41) is 26.2. The Bertz CT molecular complexity index is 1370. The number of nitriles is 1. The molecule has 0 aliphatic heterocycles. The largest absolute Gasteiger partial charge is 0.495 e. The van der Waals surface area contributed by atoms with Crippen LogP contribution in [0.5, 0.6) is 17.2 Å². The second-order valence-electron chi connectivity index (χ2n) is 7.89. The lowest BCUT2D eigenvalue weighted by Crippen LogP contribution is -2.10. The molecule has 0 unspecified atom stereocenters. The number of hydrogen-bond donors (Lipinski definition) is 1. The Balaban J connectivity index is 1.81. The van der Waals surface area contributed by atoms with Crippen molar-refractivity contribution in [3.05, 3.63) is 58.4 Å². The van der Waals surface area contributed by atoms with Gasteiger partial charge in [0, 0.05) is 22.6 Å². The molecule has 2 heterocycles. The van der Waals surface area contributed by atoms with Gasteiger partial charge in [-0.1, -0.05) is 0 Å². The summed E-state index contributed by atoms with van der Waals surface area (Å²) < 4.78 is 17.3. The summed E-state index contributed by atoms with van der Waals surface area (Å²) >= 11 is 0. The fraction of sp³-hybridized carbons (Fsp3) is 0.280. The monoisotopic (exact) mass is 443 g/mol. The number of aryl methyl sites for hydroxylation is 3. The standard InChI is InChI=1S/C25H25N5O3/c1-13-7-17(8-18(11-26)25(13)32-6)24-19-9-22(21(31-5)10-20(19)29-30-24)33-16(4)23-14(2)12-27-28-15(23)3/h7-10,12,16H,1-6H3,(H,29,30)/t16-/m1/s1. The molecule has 0 amide bonds. The quantitative estimate of drug-likeness (QED) is 0.448. The van der Waals surface area contributed by atoms with E-state index in [1.165, 1.54) is 0 Å². The lowest BCUT2D eigenvalue weighted by Gasteiger charge is -2.20. The summed E-state index contributed by atoms with van der Waals surface area (Å²) in [4.78, 5) is 0. The molecular formula is C25H25N5O3. The van der Waals surface area contributed by atoms with Gasteiger partial charge in [-0.2, -0.15) is 20.6 Å². The van der Waals surface area contributed by atoms with Crippen LogP contribution in [0.25, 0.3) is 22.2 Å². The van der Waals surface area contributed by atoms with Crippen molar-refractivity contribution in [2.45, 2.75) is 33.8 Å². The van der Waals surface area contributed by atoms with Gasteiger partial charge in [-0.25, -0.2) is 0 Å². The molecule has 0 radical (unpaired) electrons. The maximum absolute atomic E-state index is 9.57. The predicted octanol–water partition coefficient (Wildman–Crippen LogP) is 4.97. The summed E-state index contributed by atoms with van der Waals surface area (Å²) in [6, 6.07) is 9.71. The molecule has 1 N–H and O–H groups in total. The molecule has 33 heavy (non-hydrogen) atoms. The van der Waals surface area contributed by atoms with Crippen LogP contribution in [0.3, 0.4) is 0 Å². The SMILES string of the molecule is COc1cc2[nH]nc(-c3cc(C)c(OC)c(C#N)c3)c2cc1O[C@H](C)c1c(C)cnnc1C. The molecule has 168 valence electrons. The third kappa shape index (κ3) is 3.94. The normalized spacial score (nSPS) is 11.8. The number of methoxy groups -OCH3 is 2. The molecule has 0 fully saturated rings. The fourth-order valence-corrected chi connectivity index (χ4v) is 4.24. The predicted molar refractivity (Wildman–Crippen MR) is 125 cm³/mol. The molecule has 8 nitrogen and oxygen atoms in total. The Kier molecular flexibility index (Phi) is 5.88. The molecular weight excluding hydrogens is 418 g/mol. The minimum Gasteiger partial charge on any atom is -0.495 e. The highest BCUT2D eigenvalue weighted by Gasteiger charge is 2.20. The number of aromatic nitrogens is 4. The van der Waals surface area contributed by atoms with Crippen LogP contribution < -0.4 is 14.2 Å². The van der Waals surface area contributed by atoms with Crippen molar-refractivity contribution in [3.8, 4) is 34.6 Å². The summed E-state index contributed by atoms with van der Waals surface area (Å²) in [6.45, 7) is 7.79. The second kappa shape index (κ2) is 8.79. The van der Waals surface area contributed by atoms with E-state index < -0.39 is 0 Å². The van der Waals surface area contributed by atoms with Crippen molar-refractivity contribution in [2.24, 2.45) is 0 Å². The van der Waals surface area contributed by atoms with Gasteiger partial charge in [-0.15, -0.1) is 0 Å². The number of nitrogens with one attached hydrogen (secondary N) is 1. The van der Waals surface area contributed by atoms with Gasteiger partial charge in [-0.05, 0) is 57.0 Å². The van der Waals surface area contributed by atoms with E-state index in [0.717, 1.165) is 38.9 Å². The minimum absolute atomic E-state index is 0.268. The van der Waals surface area contributed by atoms with Gasteiger partial charge in [0.2, 0.25) is 0 Å². The third-order valence-corrected chi connectivity index (χ3v) is 5.70. The molecule has 0 saturated carbocycles. The first-order valence-electron chi connectivity index (χ1n) is 10.5. The Morgan fingerprint density at radius 2 is 1.79 bits per heavy atom. The topological polar surface area (TPSA) is 106 Å².